The van der Waals surface area contributed by atoms with Crippen molar-refractivity contribution in [1.29, 1.82) is 0 Å². The summed E-state index contributed by atoms with van der Waals surface area (Å²) in [7, 11) is 1.42. The minimum absolute atomic E-state index is 0.0800. The predicted octanol–water partition coefficient (Wildman–Crippen LogP) is 1.19. The zero-order chi connectivity index (χ0) is 14.5. The molecule has 6 heteroatoms. The van der Waals surface area contributed by atoms with Crippen molar-refractivity contribution in [2.24, 2.45) is 0 Å². The molecule has 2 rings (SSSR count). The van der Waals surface area contributed by atoms with Gasteiger partial charge < -0.3 is 19.9 Å². The van der Waals surface area contributed by atoms with E-state index in [1.165, 1.54) is 13.2 Å². The average molecular weight is 279 g/mol. The summed E-state index contributed by atoms with van der Waals surface area (Å²) in [5.74, 6) is -0.920. The first kappa shape index (κ1) is 14.3. The van der Waals surface area contributed by atoms with Crippen LogP contribution in [0.5, 0.6) is 5.75 Å². The molecule has 6 nitrogen and oxygen atoms in total. The molecular formula is C14H17NO5. The molecule has 1 aromatic rings. The summed E-state index contributed by atoms with van der Waals surface area (Å²) < 4.78 is 10.3. The maximum Gasteiger partial charge on any atom is 0.339 e. The molecule has 1 amide bonds. The topological polar surface area (TPSA) is 84.9 Å². The van der Waals surface area contributed by atoms with E-state index in [0.29, 0.717) is 17.9 Å². The molecule has 0 saturated carbocycles. The van der Waals surface area contributed by atoms with Crippen molar-refractivity contribution in [3.8, 4) is 5.75 Å². The fourth-order valence-electron chi connectivity index (χ4n) is 2.12. The summed E-state index contributed by atoms with van der Waals surface area (Å²) in [6, 6.07) is 4.80. The molecule has 1 heterocycles. The van der Waals surface area contributed by atoms with Crippen LogP contribution in [0.3, 0.4) is 0 Å². The molecule has 0 aromatic heterocycles. The van der Waals surface area contributed by atoms with Crippen LogP contribution in [-0.2, 0) is 16.1 Å². The van der Waals surface area contributed by atoms with Crippen molar-refractivity contribution in [2.75, 3.05) is 13.7 Å². The minimum atomic E-state index is -1.06. The Bertz CT molecular complexity index is 508. The largest absolute Gasteiger partial charge is 0.496 e. The lowest BCUT2D eigenvalue weighted by atomic mass is 10.1. The van der Waals surface area contributed by atoms with E-state index < -0.39 is 5.97 Å². The van der Waals surface area contributed by atoms with E-state index >= 15 is 0 Å². The number of ether oxygens (including phenoxy) is 2. The van der Waals surface area contributed by atoms with Gasteiger partial charge in [-0.1, -0.05) is 6.07 Å². The highest BCUT2D eigenvalue weighted by Gasteiger charge is 2.23. The molecule has 1 aliphatic rings. The predicted molar refractivity (Wildman–Crippen MR) is 70.8 cm³/mol. The van der Waals surface area contributed by atoms with Crippen LogP contribution < -0.4 is 10.1 Å². The highest BCUT2D eigenvalue weighted by atomic mass is 16.5. The van der Waals surface area contributed by atoms with Gasteiger partial charge in [0.15, 0.2) is 0 Å². The third kappa shape index (κ3) is 3.27. The van der Waals surface area contributed by atoms with E-state index in [-0.39, 0.29) is 24.1 Å². The lowest BCUT2D eigenvalue weighted by Crippen LogP contribution is -2.33. The van der Waals surface area contributed by atoms with Crippen molar-refractivity contribution < 1.29 is 24.2 Å². The van der Waals surface area contributed by atoms with Crippen molar-refractivity contribution >= 4 is 11.9 Å². The molecule has 1 fully saturated rings. The van der Waals surface area contributed by atoms with Crippen LogP contribution in [0.1, 0.15) is 28.8 Å². The summed E-state index contributed by atoms with van der Waals surface area (Å²) in [6.45, 7) is 0.882. The summed E-state index contributed by atoms with van der Waals surface area (Å²) >= 11 is 0. The Kier molecular flexibility index (Phi) is 4.57. The molecule has 20 heavy (non-hydrogen) atoms. The van der Waals surface area contributed by atoms with Gasteiger partial charge in [-0.15, -0.1) is 0 Å². The summed E-state index contributed by atoms with van der Waals surface area (Å²) in [4.78, 5) is 22.9. The monoisotopic (exact) mass is 279 g/mol. The van der Waals surface area contributed by atoms with E-state index in [0.717, 1.165) is 12.8 Å². The molecule has 108 valence electrons. The van der Waals surface area contributed by atoms with Gasteiger partial charge in [-0.05, 0) is 30.5 Å². The maximum absolute atomic E-state index is 11.8. The first-order chi connectivity index (χ1) is 9.61. The van der Waals surface area contributed by atoms with Crippen LogP contribution in [0.15, 0.2) is 18.2 Å². The first-order valence-electron chi connectivity index (χ1n) is 6.41. The Morgan fingerprint density at radius 3 is 2.90 bits per heavy atom. The number of carboxylic acid groups (broad SMARTS) is 1. The van der Waals surface area contributed by atoms with E-state index in [2.05, 4.69) is 5.32 Å². The number of carboxylic acids is 1. The van der Waals surface area contributed by atoms with Gasteiger partial charge >= 0.3 is 5.97 Å². The number of carbonyl (C=O) groups is 2. The Hall–Kier alpha value is -2.08. The van der Waals surface area contributed by atoms with E-state index in [1.807, 2.05) is 0 Å². The Morgan fingerprint density at radius 1 is 1.50 bits per heavy atom. The van der Waals surface area contributed by atoms with Crippen LogP contribution in [-0.4, -0.2) is 36.8 Å². The molecule has 0 unspecified atom stereocenters. The van der Waals surface area contributed by atoms with Gasteiger partial charge in [0.2, 0.25) is 5.91 Å². The van der Waals surface area contributed by atoms with E-state index in [4.69, 9.17) is 14.6 Å². The number of nitrogens with one attached hydrogen (secondary N) is 1. The molecule has 1 aromatic carbocycles. The molecule has 0 bridgehead atoms. The summed E-state index contributed by atoms with van der Waals surface area (Å²) in [6.07, 6.45) is 1.24. The zero-order valence-electron chi connectivity index (χ0n) is 11.2. The third-order valence-corrected chi connectivity index (χ3v) is 3.18. The second-order valence-corrected chi connectivity index (χ2v) is 4.56. The second-order valence-electron chi connectivity index (χ2n) is 4.56. The second kappa shape index (κ2) is 6.38. The standard InChI is InChI=1S/C14H17NO5/c1-19-11-5-4-9(7-10(11)14(17)18)8-15-13(16)12-3-2-6-20-12/h4-5,7,12H,2-3,6,8H2,1H3,(H,15,16)(H,17,18)/t12-/m0/s1. The lowest BCUT2D eigenvalue weighted by molar-refractivity contribution is -0.130. The minimum Gasteiger partial charge on any atom is -0.496 e. The van der Waals surface area contributed by atoms with Gasteiger partial charge in [0.05, 0.1) is 7.11 Å². The Balaban J connectivity index is 2.00. The van der Waals surface area contributed by atoms with Crippen LogP contribution in [0, 0.1) is 0 Å². The number of aromatic carboxylic acids is 1. The Labute approximate surface area is 116 Å². The number of benzene rings is 1. The molecule has 1 atom stereocenters. The van der Waals surface area contributed by atoms with Gasteiger partial charge in [-0.2, -0.15) is 0 Å². The number of rotatable bonds is 5. The van der Waals surface area contributed by atoms with Gasteiger partial charge in [-0.25, -0.2) is 4.79 Å². The van der Waals surface area contributed by atoms with E-state index in [1.54, 1.807) is 12.1 Å². The lowest BCUT2D eigenvalue weighted by Gasteiger charge is -2.11. The molecule has 0 aliphatic carbocycles. The van der Waals surface area contributed by atoms with Gasteiger partial charge in [0.1, 0.15) is 17.4 Å². The highest BCUT2D eigenvalue weighted by Crippen LogP contribution is 2.20. The zero-order valence-corrected chi connectivity index (χ0v) is 11.2. The van der Waals surface area contributed by atoms with Gasteiger partial charge in [0, 0.05) is 13.2 Å². The summed E-state index contributed by atoms with van der Waals surface area (Å²) in [5, 5.41) is 11.8. The first-order valence-corrected chi connectivity index (χ1v) is 6.41. The molecule has 0 radical (unpaired) electrons. The smallest absolute Gasteiger partial charge is 0.339 e. The third-order valence-electron chi connectivity index (χ3n) is 3.18. The fourth-order valence-corrected chi connectivity index (χ4v) is 2.12. The quantitative estimate of drug-likeness (QED) is 0.845. The van der Waals surface area contributed by atoms with Crippen LogP contribution >= 0.6 is 0 Å². The fraction of sp³-hybridized carbons (Fsp3) is 0.429. The molecule has 2 N–H and O–H groups in total. The molecule has 0 spiro atoms. The summed E-state index contributed by atoms with van der Waals surface area (Å²) in [5.41, 5.74) is 0.783. The van der Waals surface area contributed by atoms with Crippen LogP contribution in [0.25, 0.3) is 0 Å². The van der Waals surface area contributed by atoms with Gasteiger partial charge in [-0.3, -0.25) is 4.79 Å². The number of hydrogen-bond donors (Lipinski definition) is 2. The number of methoxy groups -OCH3 is 1. The van der Waals surface area contributed by atoms with Gasteiger partial charge in [0.25, 0.3) is 0 Å². The molecular weight excluding hydrogens is 262 g/mol. The van der Waals surface area contributed by atoms with Crippen molar-refractivity contribution in [3.05, 3.63) is 29.3 Å². The normalized spacial score (nSPS) is 17.8. The SMILES string of the molecule is COc1ccc(CNC(=O)[C@@H]2CCCO2)cc1C(=O)O. The average Bonchev–Trinajstić information content (AvgIpc) is 2.98. The van der Waals surface area contributed by atoms with Crippen molar-refractivity contribution in [2.45, 2.75) is 25.5 Å². The van der Waals surface area contributed by atoms with Crippen molar-refractivity contribution in [1.82, 2.24) is 5.32 Å². The van der Waals surface area contributed by atoms with Crippen molar-refractivity contribution in [3.63, 3.8) is 0 Å². The van der Waals surface area contributed by atoms with Crippen LogP contribution in [0.2, 0.25) is 0 Å². The number of hydrogen-bond acceptors (Lipinski definition) is 4. The Morgan fingerprint density at radius 2 is 2.30 bits per heavy atom. The molecule has 1 aliphatic heterocycles. The highest BCUT2D eigenvalue weighted by molar-refractivity contribution is 5.91. The van der Waals surface area contributed by atoms with Crippen LogP contribution in [0.4, 0.5) is 0 Å². The number of amides is 1. The molecule has 1 saturated heterocycles. The maximum atomic E-state index is 11.8. The van der Waals surface area contributed by atoms with E-state index in [9.17, 15) is 9.59 Å². The number of carbonyl (C=O) groups excluding carboxylic acids is 1.